The third kappa shape index (κ3) is 5.99. The van der Waals surface area contributed by atoms with Crippen LogP contribution in [0, 0.1) is 0 Å². The van der Waals surface area contributed by atoms with E-state index in [1.54, 1.807) is 31.3 Å². The van der Waals surface area contributed by atoms with Gasteiger partial charge in [0, 0.05) is 57.0 Å². The highest BCUT2D eigenvalue weighted by molar-refractivity contribution is 6.30. The molecule has 0 unspecified atom stereocenters. The SMILES string of the molecule is CN1CCN(C[C@H](O)CN(C)C(=O)Nc2cccc(Cl)c2)CC1. The Morgan fingerprint density at radius 3 is 2.74 bits per heavy atom. The first-order valence-corrected chi connectivity index (χ1v) is 8.18. The second-order valence-electron chi connectivity index (χ2n) is 6.08. The zero-order valence-electron chi connectivity index (χ0n) is 13.7. The van der Waals surface area contributed by atoms with E-state index >= 15 is 0 Å². The summed E-state index contributed by atoms with van der Waals surface area (Å²) < 4.78 is 0. The topological polar surface area (TPSA) is 59.1 Å². The molecule has 0 spiro atoms. The van der Waals surface area contributed by atoms with Crippen LogP contribution in [0.1, 0.15) is 0 Å². The Morgan fingerprint density at radius 1 is 1.39 bits per heavy atom. The van der Waals surface area contributed by atoms with Crippen molar-refractivity contribution in [3.8, 4) is 0 Å². The van der Waals surface area contributed by atoms with Gasteiger partial charge in [-0.25, -0.2) is 4.79 Å². The quantitative estimate of drug-likeness (QED) is 0.851. The molecule has 1 heterocycles. The number of carbonyl (C=O) groups is 1. The van der Waals surface area contributed by atoms with Gasteiger partial charge >= 0.3 is 6.03 Å². The summed E-state index contributed by atoms with van der Waals surface area (Å²) in [4.78, 5) is 18.1. The monoisotopic (exact) mass is 340 g/mol. The molecule has 1 fully saturated rings. The number of piperazine rings is 1. The summed E-state index contributed by atoms with van der Waals surface area (Å²) in [5, 5.41) is 13.5. The minimum Gasteiger partial charge on any atom is -0.390 e. The molecule has 2 rings (SSSR count). The summed E-state index contributed by atoms with van der Waals surface area (Å²) in [6, 6.07) is 6.73. The Bertz CT molecular complexity index is 521. The number of amides is 2. The van der Waals surface area contributed by atoms with Gasteiger partial charge < -0.3 is 20.2 Å². The number of likely N-dealkylation sites (N-methyl/N-ethyl adjacent to an activating group) is 2. The second-order valence-corrected chi connectivity index (χ2v) is 6.52. The molecule has 2 amide bonds. The van der Waals surface area contributed by atoms with Crippen LogP contribution in [0.3, 0.4) is 0 Å². The van der Waals surface area contributed by atoms with E-state index in [2.05, 4.69) is 22.2 Å². The molecular formula is C16H25ClN4O2. The van der Waals surface area contributed by atoms with Crippen molar-refractivity contribution in [2.45, 2.75) is 6.10 Å². The molecule has 0 bridgehead atoms. The minimum atomic E-state index is -0.562. The van der Waals surface area contributed by atoms with Crippen LogP contribution < -0.4 is 5.32 Å². The van der Waals surface area contributed by atoms with Crippen LogP contribution in [0.5, 0.6) is 0 Å². The van der Waals surface area contributed by atoms with Crippen LogP contribution in [0.4, 0.5) is 10.5 Å². The molecule has 1 saturated heterocycles. The maximum Gasteiger partial charge on any atom is 0.321 e. The normalized spacial score (nSPS) is 17.7. The van der Waals surface area contributed by atoms with Crippen LogP contribution in [0.15, 0.2) is 24.3 Å². The fraction of sp³-hybridized carbons (Fsp3) is 0.562. The number of nitrogens with one attached hydrogen (secondary N) is 1. The molecule has 0 radical (unpaired) electrons. The number of aliphatic hydroxyl groups is 1. The maximum atomic E-state index is 12.1. The average molecular weight is 341 g/mol. The highest BCUT2D eigenvalue weighted by atomic mass is 35.5. The summed E-state index contributed by atoms with van der Waals surface area (Å²) in [7, 11) is 3.77. The number of halogens is 1. The number of hydrogen-bond donors (Lipinski definition) is 2. The lowest BCUT2D eigenvalue weighted by Gasteiger charge is -2.34. The first kappa shape index (κ1) is 18.0. The Balaban J connectivity index is 1.76. The number of aliphatic hydroxyl groups excluding tert-OH is 1. The second kappa shape index (κ2) is 8.49. The third-order valence-electron chi connectivity index (χ3n) is 3.97. The van der Waals surface area contributed by atoms with Crippen LogP contribution >= 0.6 is 11.6 Å². The van der Waals surface area contributed by atoms with Gasteiger partial charge in [-0.1, -0.05) is 17.7 Å². The third-order valence-corrected chi connectivity index (χ3v) is 4.21. The van der Waals surface area contributed by atoms with E-state index in [9.17, 15) is 9.90 Å². The van der Waals surface area contributed by atoms with E-state index in [0.29, 0.717) is 23.8 Å². The summed E-state index contributed by atoms with van der Waals surface area (Å²) in [5.74, 6) is 0. The average Bonchev–Trinajstić information content (AvgIpc) is 2.49. The van der Waals surface area contributed by atoms with E-state index in [1.165, 1.54) is 4.90 Å². The van der Waals surface area contributed by atoms with Gasteiger partial charge in [-0.15, -0.1) is 0 Å². The number of anilines is 1. The molecule has 1 aromatic rings. The number of β-amino-alcohol motifs (C(OH)–C–C–N with tert-alkyl or cyclic N) is 1. The fourth-order valence-corrected chi connectivity index (χ4v) is 2.76. The Kier molecular flexibility index (Phi) is 6.65. The van der Waals surface area contributed by atoms with E-state index in [0.717, 1.165) is 26.2 Å². The number of nitrogens with zero attached hydrogens (tertiary/aromatic N) is 3. The lowest BCUT2D eigenvalue weighted by molar-refractivity contribution is 0.0670. The molecule has 7 heteroatoms. The molecule has 128 valence electrons. The van der Waals surface area contributed by atoms with Crippen LogP contribution in [-0.4, -0.2) is 85.3 Å². The number of rotatable bonds is 5. The number of hydrogen-bond acceptors (Lipinski definition) is 4. The maximum absolute atomic E-state index is 12.1. The predicted molar refractivity (Wildman–Crippen MR) is 93.0 cm³/mol. The molecular weight excluding hydrogens is 316 g/mol. The first-order valence-electron chi connectivity index (χ1n) is 7.80. The van der Waals surface area contributed by atoms with Crippen molar-refractivity contribution in [2.75, 3.05) is 58.7 Å². The van der Waals surface area contributed by atoms with Gasteiger partial charge in [-0.05, 0) is 25.2 Å². The van der Waals surface area contributed by atoms with E-state index in [4.69, 9.17) is 11.6 Å². The molecule has 1 atom stereocenters. The van der Waals surface area contributed by atoms with Crippen molar-refractivity contribution in [3.05, 3.63) is 29.3 Å². The van der Waals surface area contributed by atoms with Gasteiger partial charge in [0.25, 0.3) is 0 Å². The zero-order valence-corrected chi connectivity index (χ0v) is 14.5. The predicted octanol–water partition coefficient (Wildman–Crippen LogP) is 1.41. The van der Waals surface area contributed by atoms with Gasteiger partial charge in [0.1, 0.15) is 0 Å². The van der Waals surface area contributed by atoms with Gasteiger partial charge in [0.2, 0.25) is 0 Å². The Labute approximate surface area is 142 Å². The lowest BCUT2D eigenvalue weighted by Crippen LogP contribution is -2.49. The summed E-state index contributed by atoms with van der Waals surface area (Å²) in [5.41, 5.74) is 0.642. The molecule has 23 heavy (non-hydrogen) atoms. The molecule has 0 aliphatic carbocycles. The molecule has 0 aromatic heterocycles. The Morgan fingerprint density at radius 2 is 2.09 bits per heavy atom. The largest absolute Gasteiger partial charge is 0.390 e. The van der Waals surface area contributed by atoms with Crippen LogP contribution in [0.25, 0.3) is 0 Å². The van der Waals surface area contributed by atoms with Crippen molar-refractivity contribution in [1.82, 2.24) is 14.7 Å². The molecule has 6 nitrogen and oxygen atoms in total. The summed E-state index contributed by atoms with van der Waals surface area (Å²) in [6.45, 7) is 4.80. The van der Waals surface area contributed by atoms with Crippen molar-refractivity contribution < 1.29 is 9.90 Å². The van der Waals surface area contributed by atoms with Gasteiger partial charge in [0.05, 0.1) is 6.10 Å². The molecule has 1 aliphatic heterocycles. The highest BCUT2D eigenvalue weighted by Gasteiger charge is 2.19. The molecule has 1 aliphatic rings. The molecule has 2 N–H and O–H groups in total. The number of urea groups is 1. The van der Waals surface area contributed by atoms with Gasteiger partial charge in [-0.3, -0.25) is 4.90 Å². The summed E-state index contributed by atoms with van der Waals surface area (Å²) >= 11 is 5.90. The molecule has 1 aromatic carbocycles. The van der Waals surface area contributed by atoms with Crippen LogP contribution in [0.2, 0.25) is 5.02 Å². The first-order chi connectivity index (χ1) is 10.9. The fourth-order valence-electron chi connectivity index (χ4n) is 2.57. The Hall–Kier alpha value is -1.34. The smallest absolute Gasteiger partial charge is 0.321 e. The van der Waals surface area contributed by atoms with E-state index in [1.807, 2.05) is 0 Å². The van der Waals surface area contributed by atoms with Crippen LogP contribution in [-0.2, 0) is 0 Å². The number of carbonyl (C=O) groups excluding carboxylic acids is 1. The van der Waals surface area contributed by atoms with Crippen molar-refractivity contribution in [1.29, 1.82) is 0 Å². The summed E-state index contributed by atoms with van der Waals surface area (Å²) in [6.07, 6.45) is -0.562. The lowest BCUT2D eigenvalue weighted by atomic mass is 10.2. The van der Waals surface area contributed by atoms with Gasteiger partial charge in [0.15, 0.2) is 0 Å². The standard InChI is InChI=1S/C16H25ClN4O2/c1-19-6-8-21(9-7-19)12-15(22)11-20(2)16(23)18-14-5-3-4-13(17)10-14/h3-5,10,15,22H,6-9,11-12H2,1-2H3,(H,18,23)/t15-/m1/s1. The van der Waals surface area contributed by atoms with E-state index in [-0.39, 0.29) is 6.03 Å². The minimum absolute atomic E-state index is 0.260. The van der Waals surface area contributed by atoms with Crippen molar-refractivity contribution >= 4 is 23.3 Å². The zero-order chi connectivity index (χ0) is 16.8. The highest BCUT2D eigenvalue weighted by Crippen LogP contribution is 2.15. The number of benzene rings is 1. The van der Waals surface area contributed by atoms with E-state index < -0.39 is 6.10 Å². The van der Waals surface area contributed by atoms with Gasteiger partial charge in [-0.2, -0.15) is 0 Å². The molecule has 0 saturated carbocycles. The van der Waals surface area contributed by atoms with Crippen molar-refractivity contribution in [3.63, 3.8) is 0 Å². The van der Waals surface area contributed by atoms with Crippen molar-refractivity contribution in [2.24, 2.45) is 0 Å².